The van der Waals surface area contributed by atoms with Crippen molar-refractivity contribution in [3.63, 3.8) is 0 Å². The zero-order valence-electron chi connectivity index (χ0n) is 10.3. The van der Waals surface area contributed by atoms with E-state index in [9.17, 15) is 4.79 Å². The van der Waals surface area contributed by atoms with Crippen molar-refractivity contribution in [3.05, 3.63) is 29.8 Å². The fraction of sp³-hybridized carbons (Fsp3) is 0.462. The number of hydrogen-bond acceptors (Lipinski definition) is 3. The van der Waals surface area contributed by atoms with E-state index < -0.39 is 0 Å². The van der Waals surface area contributed by atoms with Gasteiger partial charge in [-0.15, -0.1) is 11.8 Å². The molecule has 0 radical (unpaired) electrons. The van der Waals surface area contributed by atoms with Crippen molar-refractivity contribution in [2.24, 2.45) is 0 Å². The van der Waals surface area contributed by atoms with Crippen LogP contribution in [0.15, 0.2) is 24.3 Å². The number of benzene rings is 1. The summed E-state index contributed by atoms with van der Waals surface area (Å²) in [5, 5.41) is 11.8. The van der Waals surface area contributed by atoms with Crippen LogP contribution in [0.3, 0.4) is 0 Å². The molecule has 0 fully saturated rings. The molecule has 1 rings (SSSR count). The maximum atomic E-state index is 11.6. The minimum atomic E-state index is -0.0282. The van der Waals surface area contributed by atoms with E-state index in [-0.39, 0.29) is 17.8 Å². The highest BCUT2D eigenvalue weighted by atomic mass is 32.2. The molecule has 0 aliphatic carbocycles. The summed E-state index contributed by atoms with van der Waals surface area (Å²) in [5.74, 6) is 0.344. The SMILES string of the molecule is CCc1ccc(NC(=O)CSC(C)CO)cc1. The molecule has 0 saturated carbocycles. The van der Waals surface area contributed by atoms with Crippen LogP contribution in [0.2, 0.25) is 0 Å². The van der Waals surface area contributed by atoms with E-state index >= 15 is 0 Å². The van der Waals surface area contributed by atoms with Crippen molar-refractivity contribution in [3.8, 4) is 0 Å². The van der Waals surface area contributed by atoms with Crippen LogP contribution in [0.5, 0.6) is 0 Å². The highest BCUT2D eigenvalue weighted by Gasteiger charge is 2.06. The van der Waals surface area contributed by atoms with Crippen LogP contribution < -0.4 is 5.32 Å². The zero-order valence-corrected chi connectivity index (χ0v) is 11.1. The standard InChI is InChI=1S/C13H19NO2S/c1-3-11-4-6-12(7-5-11)14-13(16)9-17-10(2)8-15/h4-7,10,15H,3,8-9H2,1-2H3,(H,14,16). The van der Waals surface area contributed by atoms with E-state index in [4.69, 9.17) is 5.11 Å². The summed E-state index contributed by atoms with van der Waals surface area (Å²) in [7, 11) is 0. The third kappa shape index (κ3) is 5.24. The lowest BCUT2D eigenvalue weighted by molar-refractivity contribution is -0.113. The number of amides is 1. The minimum absolute atomic E-state index is 0.0282. The number of anilines is 1. The summed E-state index contributed by atoms with van der Waals surface area (Å²) in [4.78, 5) is 11.6. The van der Waals surface area contributed by atoms with E-state index in [1.54, 1.807) is 0 Å². The normalized spacial score (nSPS) is 12.2. The number of thioether (sulfide) groups is 1. The molecule has 3 nitrogen and oxygen atoms in total. The molecule has 2 N–H and O–H groups in total. The van der Waals surface area contributed by atoms with Crippen molar-refractivity contribution in [1.82, 2.24) is 0 Å². The number of nitrogens with one attached hydrogen (secondary N) is 1. The number of carbonyl (C=O) groups excluding carboxylic acids is 1. The first-order chi connectivity index (χ1) is 8.15. The Hall–Kier alpha value is -1.00. The first kappa shape index (κ1) is 14.1. The Labute approximate surface area is 107 Å². The quantitative estimate of drug-likeness (QED) is 0.818. The molecule has 0 spiro atoms. The van der Waals surface area contributed by atoms with Crippen LogP contribution in [-0.4, -0.2) is 28.6 Å². The summed E-state index contributed by atoms with van der Waals surface area (Å²) in [5.41, 5.74) is 2.08. The van der Waals surface area contributed by atoms with Crippen molar-refractivity contribution < 1.29 is 9.90 Å². The Morgan fingerprint density at radius 3 is 2.59 bits per heavy atom. The molecule has 0 aliphatic heterocycles. The van der Waals surface area contributed by atoms with Gasteiger partial charge in [-0.05, 0) is 24.1 Å². The van der Waals surface area contributed by atoms with Crippen LogP contribution in [0.4, 0.5) is 5.69 Å². The van der Waals surface area contributed by atoms with Gasteiger partial charge >= 0.3 is 0 Å². The molecule has 0 saturated heterocycles. The second-order valence-electron chi connectivity index (χ2n) is 3.90. The van der Waals surface area contributed by atoms with Crippen molar-refractivity contribution in [1.29, 1.82) is 0 Å². The average Bonchev–Trinajstić information content (AvgIpc) is 2.36. The first-order valence-corrected chi connectivity index (χ1v) is 6.81. The van der Waals surface area contributed by atoms with Crippen LogP contribution in [0.1, 0.15) is 19.4 Å². The van der Waals surface area contributed by atoms with Crippen LogP contribution in [0, 0.1) is 0 Å². The van der Waals surface area contributed by atoms with Gasteiger partial charge in [0.1, 0.15) is 0 Å². The number of carbonyl (C=O) groups is 1. The lowest BCUT2D eigenvalue weighted by Gasteiger charge is -2.08. The van der Waals surface area contributed by atoms with Gasteiger partial charge < -0.3 is 10.4 Å². The molecule has 0 heterocycles. The van der Waals surface area contributed by atoms with Gasteiger partial charge in [-0.1, -0.05) is 26.0 Å². The lowest BCUT2D eigenvalue weighted by Crippen LogP contribution is -2.16. The Kier molecular flexibility index (Phi) is 6.08. The number of aryl methyl sites for hydroxylation is 1. The second-order valence-corrected chi connectivity index (χ2v) is 5.33. The van der Waals surface area contributed by atoms with Crippen LogP contribution in [-0.2, 0) is 11.2 Å². The molecule has 0 bridgehead atoms. The van der Waals surface area contributed by atoms with E-state index in [1.165, 1.54) is 17.3 Å². The van der Waals surface area contributed by atoms with E-state index in [0.717, 1.165) is 12.1 Å². The molecule has 1 unspecified atom stereocenters. The number of rotatable bonds is 6. The zero-order chi connectivity index (χ0) is 12.7. The van der Waals surface area contributed by atoms with Gasteiger partial charge in [-0.25, -0.2) is 0 Å². The molecule has 1 amide bonds. The topological polar surface area (TPSA) is 49.3 Å². The van der Waals surface area contributed by atoms with E-state index in [2.05, 4.69) is 12.2 Å². The van der Waals surface area contributed by atoms with E-state index in [0.29, 0.717) is 5.75 Å². The van der Waals surface area contributed by atoms with Crippen LogP contribution in [0.25, 0.3) is 0 Å². The van der Waals surface area contributed by atoms with Gasteiger partial charge in [0, 0.05) is 10.9 Å². The molecule has 17 heavy (non-hydrogen) atoms. The van der Waals surface area contributed by atoms with E-state index in [1.807, 2.05) is 31.2 Å². The lowest BCUT2D eigenvalue weighted by atomic mass is 10.1. The summed E-state index contributed by atoms with van der Waals surface area (Å²) in [6.07, 6.45) is 0.998. The highest BCUT2D eigenvalue weighted by molar-refractivity contribution is 8.00. The maximum absolute atomic E-state index is 11.6. The Morgan fingerprint density at radius 2 is 2.06 bits per heavy atom. The monoisotopic (exact) mass is 253 g/mol. The average molecular weight is 253 g/mol. The predicted molar refractivity (Wildman–Crippen MR) is 73.5 cm³/mol. The molecule has 0 aromatic heterocycles. The van der Waals surface area contributed by atoms with Gasteiger partial charge in [0.25, 0.3) is 0 Å². The van der Waals surface area contributed by atoms with Gasteiger partial charge in [-0.2, -0.15) is 0 Å². The molecule has 1 atom stereocenters. The number of aliphatic hydroxyl groups excluding tert-OH is 1. The predicted octanol–water partition coefficient (Wildman–Crippen LogP) is 2.30. The second kappa shape index (κ2) is 7.35. The van der Waals surface area contributed by atoms with Gasteiger partial charge in [0.2, 0.25) is 5.91 Å². The number of hydrogen-bond donors (Lipinski definition) is 2. The third-order valence-corrected chi connectivity index (χ3v) is 3.55. The maximum Gasteiger partial charge on any atom is 0.234 e. The smallest absolute Gasteiger partial charge is 0.234 e. The van der Waals surface area contributed by atoms with Crippen LogP contribution >= 0.6 is 11.8 Å². The third-order valence-electron chi connectivity index (χ3n) is 2.40. The minimum Gasteiger partial charge on any atom is -0.395 e. The Bertz CT molecular complexity index is 351. The summed E-state index contributed by atoms with van der Waals surface area (Å²) >= 11 is 1.45. The van der Waals surface area contributed by atoms with Crippen molar-refractivity contribution in [2.45, 2.75) is 25.5 Å². The van der Waals surface area contributed by atoms with Gasteiger partial charge in [0.15, 0.2) is 0 Å². The first-order valence-electron chi connectivity index (χ1n) is 5.77. The molecule has 1 aromatic carbocycles. The van der Waals surface area contributed by atoms with Gasteiger partial charge in [-0.3, -0.25) is 4.79 Å². The Balaban J connectivity index is 2.39. The highest BCUT2D eigenvalue weighted by Crippen LogP contribution is 2.12. The molecule has 1 aromatic rings. The summed E-state index contributed by atoms with van der Waals surface area (Å²) in [6, 6.07) is 7.85. The van der Waals surface area contributed by atoms with Crippen molar-refractivity contribution in [2.75, 3.05) is 17.7 Å². The molecule has 4 heteroatoms. The fourth-order valence-electron chi connectivity index (χ4n) is 1.29. The summed E-state index contributed by atoms with van der Waals surface area (Å²) < 4.78 is 0. The molecule has 0 aliphatic rings. The van der Waals surface area contributed by atoms with Crippen molar-refractivity contribution >= 4 is 23.4 Å². The van der Waals surface area contributed by atoms with Gasteiger partial charge in [0.05, 0.1) is 12.4 Å². The summed E-state index contributed by atoms with van der Waals surface area (Å²) in [6.45, 7) is 4.09. The number of aliphatic hydroxyl groups is 1. The Morgan fingerprint density at radius 1 is 1.41 bits per heavy atom. The largest absolute Gasteiger partial charge is 0.395 e. The molecular weight excluding hydrogens is 234 g/mol. The fourth-order valence-corrected chi connectivity index (χ4v) is 1.90. The molecular formula is C13H19NO2S. The molecule has 94 valence electrons.